The summed E-state index contributed by atoms with van der Waals surface area (Å²) in [5, 5.41) is 10.5. The number of hydrogen-bond donors (Lipinski definition) is 2. The highest BCUT2D eigenvalue weighted by molar-refractivity contribution is 7.19. The molecule has 0 spiro atoms. The average molecular weight is 496 g/mol. The third-order valence-corrected chi connectivity index (χ3v) is 7.08. The van der Waals surface area contributed by atoms with Gasteiger partial charge in [0.05, 0.1) is 18.6 Å². The molecule has 0 amide bonds. The van der Waals surface area contributed by atoms with Crippen molar-refractivity contribution in [3.63, 3.8) is 0 Å². The van der Waals surface area contributed by atoms with Gasteiger partial charge in [-0.1, -0.05) is 5.16 Å². The maximum Gasteiger partial charge on any atom is 0.439 e. The maximum atomic E-state index is 11.4. The van der Waals surface area contributed by atoms with Gasteiger partial charge in [0.15, 0.2) is 11.6 Å². The molecule has 0 radical (unpaired) electrons. The Labute approximate surface area is 202 Å². The standard InChI is InChI=1S/C23H21N5O4S2/c1-3-31-16-12-18(34-20(16)22-27-23(29)32-28-22)21-25-8-5-19(26-21)24-7-4-13-10-14-6-9-33-17(14)11-15(13)30-2/h5-6,8-12H,3-4,7H2,1-2H3,(H,24,25,26)(H,27,28,29). The lowest BCUT2D eigenvalue weighted by Crippen LogP contribution is -2.07. The summed E-state index contributed by atoms with van der Waals surface area (Å²) < 4.78 is 17.2. The number of aromatic nitrogens is 4. The maximum absolute atomic E-state index is 11.4. The Balaban J connectivity index is 1.34. The minimum absolute atomic E-state index is 0.315. The molecule has 5 rings (SSSR count). The van der Waals surface area contributed by atoms with E-state index in [1.54, 1.807) is 24.6 Å². The van der Waals surface area contributed by atoms with E-state index in [2.05, 4.69) is 53.5 Å². The van der Waals surface area contributed by atoms with Crippen molar-refractivity contribution in [1.82, 2.24) is 20.1 Å². The Hall–Kier alpha value is -3.70. The number of benzene rings is 1. The van der Waals surface area contributed by atoms with Gasteiger partial charge in [0.2, 0.25) is 0 Å². The molecule has 0 atom stereocenters. The highest BCUT2D eigenvalue weighted by Crippen LogP contribution is 2.40. The van der Waals surface area contributed by atoms with Crippen LogP contribution in [0.15, 0.2) is 51.2 Å². The number of thiophene rings is 2. The zero-order chi connectivity index (χ0) is 23.5. The third-order valence-electron chi connectivity index (χ3n) is 5.09. The number of rotatable bonds is 9. The van der Waals surface area contributed by atoms with Crippen LogP contribution in [0.2, 0.25) is 0 Å². The highest BCUT2D eigenvalue weighted by Gasteiger charge is 2.19. The zero-order valence-electron chi connectivity index (χ0n) is 18.5. The quantitative estimate of drug-likeness (QED) is 0.299. The van der Waals surface area contributed by atoms with Crippen LogP contribution in [0.1, 0.15) is 12.5 Å². The molecule has 34 heavy (non-hydrogen) atoms. The van der Waals surface area contributed by atoms with Gasteiger partial charge in [0.1, 0.15) is 22.2 Å². The van der Waals surface area contributed by atoms with Crippen LogP contribution in [0.5, 0.6) is 11.5 Å². The fraction of sp³-hybridized carbons (Fsp3) is 0.217. The molecule has 174 valence electrons. The van der Waals surface area contributed by atoms with Crippen molar-refractivity contribution in [1.29, 1.82) is 0 Å². The minimum Gasteiger partial charge on any atom is -0.496 e. The molecule has 0 unspecified atom stereocenters. The number of H-pyrrole nitrogens is 1. The van der Waals surface area contributed by atoms with E-state index in [0.29, 0.717) is 41.2 Å². The Morgan fingerprint density at radius 3 is 2.91 bits per heavy atom. The van der Waals surface area contributed by atoms with Gasteiger partial charge in [-0.3, -0.25) is 9.51 Å². The van der Waals surface area contributed by atoms with Crippen molar-refractivity contribution in [2.24, 2.45) is 0 Å². The topological polar surface area (TPSA) is 115 Å². The molecule has 1 aromatic carbocycles. The van der Waals surface area contributed by atoms with Crippen LogP contribution < -0.4 is 20.5 Å². The number of nitrogens with zero attached hydrogens (tertiary/aromatic N) is 3. The predicted octanol–water partition coefficient (Wildman–Crippen LogP) is 4.83. The van der Waals surface area contributed by atoms with Gasteiger partial charge in [0, 0.05) is 23.5 Å². The van der Waals surface area contributed by atoms with Gasteiger partial charge in [-0.25, -0.2) is 14.8 Å². The van der Waals surface area contributed by atoms with Crippen LogP contribution >= 0.6 is 22.7 Å². The van der Waals surface area contributed by atoms with Crippen molar-refractivity contribution in [3.05, 3.63) is 58.0 Å². The molecule has 4 heterocycles. The third kappa shape index (κ3) is 4.52. The molecule has 0 bridgehead atoms. The zero-order valence-corrected chi connectivity index (χ0v) is 20.1. The van der Waals surface area contributed by atoms with E-state index in [1.807, 2.05) is 19.1 Å². The lowest BCUT2D eigenvalue weighted by Gasteiger charge is -2.10. The normalized spacial score (nSPS) is 11.1. The fourth-order valence-electron chi connectivity index (χ4n) is 3.56. The van der Waals surface area contributed by atoms with E-state index in [0.717, 1.165) is 22.6 Å². The Morgan fingerprint density at radius 2 is 2.12 bits per heavy atom. The number of fused-ring (bicyclic) bond motifs is 1. The number of methoxy groups -OCH3 is 1. The molecule has 0 saturated carbocycles. The average Bonchev–Trinajstić information content (AvgIpc) is 3.58. The summed E-state index contributed by atoms with van der Waals surface area (Å²) >= 11 is 3.07. The summed E-state index contributed by atoms with van der Waals surface area (Å²) in [5.74, 6) is 2.43. The Morgan fingerprint density at radius 1 is 1.21 bits per heavy atom. The van der Waals surface area contributed by atoms with Crippen LogP contribution in [-0.2, 0) is 6.42 Å². The van der Waals surface area contributed by atoms with Gasteiger partial charge in [-0.2, -0.15) is 0 Å². The molecule has 9 nitrogen and oxygen atoms in total. The van der Waals surface area contributed by atoms with E-state index in [-0.39, 0.29) is 0 Å². The molecule has 0 fully saturated rings. The fourth-order valence-corrected chi connectivity index (χ4v) is 5.34. The van der Waals surface area contributed by atoms with Crippen molar-refractivity contribution in [2.75, 3.05) is 25.6 Å². The second kappa shape index (κ2) is 9.65. The first-order chi connectivity index (χ1) is 16.6. The molecule has 11 heteroatoms. The van der Waals surface area contributed by atoms with Gasteiger partial charge < -0.3 is 14.8 Å². The van der Waals surface area contributed by atoms with Gasteiger partial charge in [0.25, 0.3) is 0 Å². The number of anilines is 1. The van der Waals surface area contributed by atoms with Crippen LogP contribution in [0.3, 0.4) is 0 Å². The molecule has 0 aliphatic heterocycles. The summed E-state index contributed by atoms with van der Waals surface area (Å²) in [6, 6.07) is 10.1. The lowest BCUT2D eigenvalue weighted by molar-refractivity contribution is 0.342. The first-order valence-corrected chi connectivity index (χ1v) is 12.3. The molecular formula is C23H21N5O4S2. The number of nitrogens with one attached hydrogen (secondary N) is 2. The summed E-state index contributed by atoms with van der Waals surface area (Å²) in [4.78, 5) is 24.5. The Bertz CT molecular complexity index is 1490. The van der Waals surface area contributed by atoms with Crippen LogP contribution in [0.25, 0.3) is 31.5 Å². The van der Waals surface area contributed by atoms with Crippen molar-refractivity contribution < 1.29 is 14.0 Å². The van der Waals surface area contributed by atoms with Gasteiger partial charge in [-0.05, 0) is 53.9 Å². The van der Waals surface area contributed by atoms with E-state index in [1.165, 1.54) is 21.4 Å². The van der Waals surface area contributed by atoms with E-state index < -0.39 is 5.76 Å². The second-order valence-electron chi connectivity index (χ2n) is 7.25. The summed E-state index contributed by atoms with van der Waals surface area (Å²) in [5.41, 5.74) is 1.14. The highest BCUT2D eigenvalue weighted by atomic mass is 32.1. The SMILES string of the molecule is CCOc1cc(-c2nccc(NCCc3cc4ccsc4cc3OC)n2)sc1-c1noc(=O)[nH]1. The second-order valence-corrected chi connectivity index (χ2v) is 9.25. The first-order valence-electron chi connectivity index (χ1n) is 10.6. The molecule has 0 aliphatic carbocycles. The largest absolute Gasteiger partial charge is 0.496 e. The van der Waals surface area contributed by atoms with E-state index in [4.69, 9.17) is 9.47 Å². The monoisotopic (exact) mass is 495 g/mol. The lowest BCUT2D eigenvalue weighted by atomic mass is 10.1. The summed E-state index contributed by atoms with van der Waals surface area (Å²) in [6.07, 6.45) is 2.49. The van der Waals surface area contributed by atoms with Crippen LogP contribution in [0, 0.1) is 0 Å². The molecular weight excluding hydrogens is 474 g/mol. The molecule has 4 aromatic heterocycles. The molecule has 2 N–H and O–H groups in total. The van der Waals surface area contributed by atoms with E-state index in [9.17, 15) is 4.79 Å². The predicted molar refractivity (Wildman–Crippen MR) is 133 cm³/mol. The van der Waals surface area contributed by atoms with Crippen molar-refractivity contribution in [3.8, 4) is 32.9 Å². The first kappa shape index (κ1) is 22.1. The van der Waals surface area contributed by atoms with E-state index >= 15 is 0 Å². The number of ether oxygens (including phenoxy) is 2. The summed E-state index contributed by atoms with van der Waals surface area (Å²) in [7, 11) is 1.70. The van der Waals surface area contributed by atoms with Crippen molar-refractivity contribution >= 4 is 38.6 Å². The van der Waals surface area contributed by atoms with Gasteiger partial charge in [-0.15, -0.1) is 22.7 Å². The van der Waals surface area contributed by atoms with Crippen LogP contribution in [0.4, 0.5) is 5.82 Å². The number of aromatic amines is 1. The smallest absolute Gasteiger partial charge is 0.439 e. The summed E-state index contributed by atoms with van der Waals surface area (Å²) in [6.45, 7) is 3.04. The molecule has 0 saturated heterocycles. The van der Waals surface area contributed by atoms with Crippen LogP contribution in [-0.4, -0.2) is 40.4 Å². The molecule has 5 aromatic rings. The molecule has 0 aliphatic rings. The van der Waals surface area contributed by atoms with Crippen molar-refractivity contribution in [2.45, 2.75) is 13.3 Å². The number of hydrogen-bond acceptors (Lipinski definition) is 10. The van der Waals surface area contributed by atoms with Gasteiger partial charge >= 0.3 is 5.76 Å². The Kier molecular flexibility index (Phi) is 6.28. The minimum atomic E-state index is -0.621.